The molecule has 118 valence electrons. The fourth-order valence-electron chi connectivity index (χ4n) is 2.27. The average molecular weight is 318 g/mol. The molecule has 1 aromatic carbocycles. The second kappa shape index (κ2) is 7.84. The molecular weight excluding hydrogens is 296 g/mol. The second-order valence-electron chi connectivity index (χ2n) is 5.20. The van der Waals surface area contributed by atoms with E-state index in [-0.39, 0.29) is 12.1 Å². The van der Waals surface area contributed by atoms with Gasteiger partial charge < -0.3 is 15.4 Å². The van der Waals surface area contributed by atoms with E-state index in [9.17, 15) is 4.79 Å². The molecule has 0 spiro atoms. The molecule has 22 heavy (non-hydrogen) atoms. The Labute approximate surface area is 135 Å². The van der Waals surface area contributed by atoms with Crippen LogP contribution >= 0.6 is 11.3 Å². The molecule has 5 heteroatoms. The Balaban J connectivity index is 1.86. The van der Waals surface area contributed by atoms with Crippen molar-refractivity contribution < 1.29 is 9.53 Å². The maximum Gasteiger partial charge on any atom is 0.315 e. The number of amides is 2. The van der Waals surface area contributed by atoms with Crippen molar-refractivity contribution in [3.05, 3.63) is 51.7 Å². The lowest BCUT2D eigenvalue weighted by Gasteiger charge is -2.18. The summed E-state index contributed by atoms with van der Waals surface area (Å²) in [5.74, 6) is 0.789. The summed E-state index contributed by atoms with van der Waals surface area (Å²) in [6, 6.07) is 9.78. The van der Waals surface area contributed by atoms with Crippen molar-refractivity contribution in [2.75, 3.05) is 13.7 Å². The summed E-state index contributed by atoms with van der Waals surface area (Å²) in [6.45, 7) is 4.61. The van der Waals surface area contributed by atoms with Crippen molar-refractivity contribution in [3.8, 4) is 5.75 Å². The van der Waals surface area contributed by atoms with Crippen LogP contribution < -0.4 is 15.4 Å². The molecular formula is C17H22N2O2S. The number of thiophene rings is 1. The zero-order valence-electron chi connectivity index (χ0n) is 13.2. The molecule has 2 aromatic rings. The number of benzene rings is 1. The van der Waals surface area contributed by atoms with Gasteiger partial charge in [0, 0.05) is 17.0 Å². The minimum atomic E-state index is -0.160. The van der Waals surface area contributed by atoms with E-state index >= 15 is 0 Å². The normalized spacial score (nSPS) is 11.8. The standard InChI is InChI=1S/C17H22N2O2S/c1-12-6-7-16(21-3)15(11-12)13(2)19-17(20)18-9-8-14-5-4-10-22-14/h4-7,10-11,13H,8-9H2,1-3H3,(H2,18,19,20). The van der Waals surface area contributed by atoms with Crippen LogP contribution in [0.2, 0.25) is 0 Å². The van der Waals surface area contributed by atoms with Crippen molar-refractivity contribution in [1.82, 2.24) is 10.6 Å². The number of nitrogens with one attached hydrogen (secondary N) is 2. The molecule has 2 N–H and O–H groups in total. The van der Waals surface area contributed by atoms with Gasteiger partial charge in [-0.05, 0) is 37.8 Å². The van der Waals surface area contributed by atoms with Gasteiger partial charge in [-0.25, -0.2) is 4.79 Å². The molecule has 1 heterocycles. The van der Waals surface area contributed by atoms with Crippen LogP contribution in [0.25, 0.3) is 0 Å². The summed E-state index contributed by atoms with van der Waals surface area (Å²) in [5, 5.41) is 7.88. The molecule has 2 amide bonds. The number of aryl methyl sites for hydroxylation is 1. The minimum Gasteiger partial charge on any atom is -0.496 e. The molecule has 0 saturated carbocycles. The molecule has 0 fully saturated rings. The van der Waals surface area contributed by atoms with Gasteiger partial charge in [0.2, 0.25) is 0 Å². The largest absolute Gasteiger partial charge is 0.496 e. The van der Waals surface area contributed by atoms with Gasteiger partial charge in [0.15, 0.2) is 0 Å². The van der Waals surface area contributed by atoms with Crippen LogP contribution in [0.3, 0.4) is 0 Å². The van der Waals surface area contributed by atoms with Gasteiger partial charge in [-0.15, -0.1) is 11.3 Å². The Morgan fingerprint density at radius 1 is 1.36 bits per heavy atom. The zero-order chi connectivity index (χ0) is 15.9. The molecule has 2 rings (SSSR count). The monoisotopic (exact) mass is 318 g/mol. The third-order valence-electron chi connectivity index (χ3n) is 3.44. The topological polar surface area (TPSA) is 50.4 Å². The van der Waals surface area contributed by atoms with Crippen molar-refractivity contribution in [1.29, 1.82) is 0 Å². The molecule has 0 aliphatic carbocycles. The molecule has 0 saturated heterocycles. The van der Waals surface area contributed by atoms with E-state index in [1.807, 2.05) is 43.5 Å². The maximum absolute atomic E-state index is 12.0. The van der Waals surface area contributed by atoms with E-state index in [4.69, 9.17) is 4.74 Å². The SMILES string of the molecule is COc1ccc(C)cc1C(C)NC(=O)NCCc1cccs1. The molecule has 4 nitrogen and oxygen atoms in total. The Morgan fingerprint density at radius 3 is 2.86 bits per heavy atom. The maximum atomic E-state index is 12.0. The highest BCUT2D eigenvalue weighted by molar-refractivity contribution is 7.09. The average Bonchev–Trinajstić information content (AvgIpc) is 3.00. The Morgan fingerprint density at radius 2 is 2.18 bits per heavy atom. The molecule has 1 aromatic heterocycles. The van der Waals surface area contributed by atoms with E-state index in [2.05, 4.69) is 16.7 Å². The number of hydrogen-bond acceptors (Lipinski definition) is 3. The predicted octanol–water partition coefficient (Wildman–Crippen LogP) is 3.67. The smallest absolute Gasteiger partial charge is 0.315 e. The van der Waals surface area contributed by atoms with Crippen LogP contribution in [0, 0.1) is 6.92 Å². The second-order valence-corrected chi connectivity index (χ2v) is 6.23. The first-order valence-corrected chi connectivity index (χ1v) is 8.19. The third kappa shape index (κ3) is 4.49. The van der Waals surface area contributed by atoms with Gasteiger partial charge in [-0.2, -0.15) is 0 Å². The van der Waals surface area contributed by atoms with E-state index in [0.717, 1.165) is 23.3 Å². The summed E-state index contributed by atoms with van der Waals surface area (Å²) in [4.78, 5) is 13.3. The van der Waals surface area contributed by atoms with Gasteiger partial charge in [0.1, 0.15) is 5.75 Å². The van der Waals surface area contributed by atoms with Crippen molar-refractivity contribution >= 4 is 17.4 Å². The van der Waals surface area contributed by atoms with Gasteiger partial charge in [0.25, 0.3) is 0 Å². The van der Waals surface area contributed by atoms with Crippen molar-refractivity contribution in [2.24, 2.45) is 0 Å². The fourth-order valence-corrected chi connectivity index (χ4v) is 2.98. The summed E-state index contributed by atoms with van der Waals surface area (Å²) in [7, 11) is 1.64. The van der Waals surface area contributed by atoms with Crippen LogP contribution in [0.4, 0.5) is 4.79 Å². The number of carbonyl (C=O) groups is 1. The Bertz CT molecular complexity index is 611. The molecule has 0 aliphatic heterocycles. The van der Waals surface area contributed by atoms with Crippen LogP contribution in [0.1, 0.15) is 29.0 Å². The first kappa shape index (κ1) is 16.4. The van der Waals surface area contributed by atoms with Crippen LogP contribution in [-0.2, 0) is 6.42 Å². The fraction of sp³-hybridized carbons (Fsp3) is 0.353. The number of carbonyl (C=O) groups excluding carboxylic acids is 1. The van der Waals surface area contributed by atoms with Crippen molar-refractivity contribution in [3.63, 3.8) is 0 Å². The summed E-state index contributed by atoms with van der Waals surface area (Å²) in [6.07, 6.45) is 0.854. The van der Waals surface area contributed by atoms with E-state index in [1.165, 1.54) is 4.88 Å². The summed E-state index contributed by atoms with van der Waals surface area (Å²) in [5.41, 5.74) is 2.12. The number of ether oxygens (including phenoxy) is 1. The van der Waals surface area contributed by atoms with Crippen LogP contribution in [0.5, 0.6) is 5.75 Å². The highest BCUT2D eigenvalue weighted by Gasteiger charge is 2.14. The first-order valence-electron chi connectivity index (χ1n) is 7.31. The lowest BCUT2D eigenvalue weighted by atomic mass is 10.0. The van der Waals surface area contributed by atoms with E-state index < -0.39 is 0 Å². The number of hydrogen-bond donors (Lipinski definition) is 2. The van der Waals surface area contributed by atoms with Crippen molar-refractivity contribution in [2.45, 2.75) is 26.3 Å². The van der Waals surface area contributed by atoms with Gasteiger partial charge in [0.05, 0.1) is 13.2 Å². The molecule has 0 radical (unpaired) electrons. The van der Waals surface area contributed by atoms with E-state index in [1.54, 1.807) is 18.4 Å². The number of urea groups is 1. The lowest BCUT2D eigenvalue weighted by molar-refractivity contribution is 0.238. The number of methoxy groups -OCH3 is 1. The lowest BCUT2D eigenvalue weighted by Crippen LogP contribution is -2.38. The van der Waals surface area contributed by atoms with Crippen LogP contribution in [0.15, 0.2) is 35.7 Å². The molecule has 1 atom stereocenters. The summed E-state index contributed by atoms with van der Waals surface area (Å²) < 4.78 is 5.36. The highest BCUT2D eigenvalue weighted by atomic mass is 32.1. The van der Waals surface area contributed by atoms with Gasteiger partial charge >= 0.3 is 6.03 Å². The Hall–Kier alpha value is -2.01. The first-order chi connectivity index (χ1) is 10.6. The molecule has 0 aliphatic rings. The van der Waals surface area contributed by atoms with Crippen LogP contribution in [-0.4, -0.2) is 19.7 Å². The third-order valence-corrected chi connectivity index (χ3v) is 4.37. The quantitative estimate of drug-likeness (QED) is 0.854. The van der Waals surface area contributed by atoms with E-state index in [0.29, 0.717) is 6.54 Å². The molecule has 1 unspecified atom stereocenters. The van der Waals surface area contributed by atoms with Gasteiger partial charge in [-0.3, -0.25) is 0 Å². The van der Waals surface area contributed by atoms with Gasteiger partial charge in [-0.1, -0.05) is 23.8 Å². The predicted molar refractivity (Wildman–Crippen MR) is 90.7 cm³/mol. The minimum absolute atomic E-state index is 0.114. The zero-order valence-corrected chi connectivity index (χ0v) is 14.0. The Kier molecular flexibility index (Phi) is 5.83. The number of rotatable bonds is 6. The highest BCUT2D eigenvalue weighted by Crippen LogP contribution is 2.25. The molecule has 0 bridgehead atoms. The summed E-state index contributed by atoms with van der Waals surface area (Å²) >= 11 is 1.70.